The molecule has 1 unspecified atom stereocenters. The second kappa shape index (κ2) is 10.1. The van der Waals surface area contributed by atoms with Crippen LogP contribution in [0.25, 0.3) is 0 Å². The summed E-state index contributed by atoms with van der Waals surface area (Å²) in [6.07, 6.45) is -3.50. The molecule has 0 bridgehead atoms. The molecule has 4 N–H and O–H groups in total. The second-order valence-corrected chi connectivity index (χ2v) is 10.9. The van der Waals surface area contributed by atoms with E-state index in [4.69, 9.17) is 0 Å². The molecule has 2 aromatic heterocycles. The Bertz CT molecular complexity index is 1180. The van der Waals surface area contributed by atoms with Crippen molar-refractivity contribution in [1.82, 2.24) is 30.4 Å². The van der Waals surface area contributed by atoms with Gasteiger partial charge in [0.15, 0.2) is 4.34 Å². The third-order valence-electron chi connectivity index (χ3n) is 4.99. The zero-order chi connectivity index (χ0) is 25.3. The van der Waals surface area contributed by atoms with Crippen LogP contribution in [0.2, 0.25) is 0 Å². The van der Waals surface area contributed by atoms with Gasteiger partial charge in [0, 0.05) is 30.2 Å². The molecule has 0 aromatic carbocycles. The van der Waals surface area contributed by atoms with Crippen LogP contribution in [-0.2, 0) is 20.8 Å². The number of carbonyl (C=O) groups excluding carboxylic acids is 2. The van der Waals surface area contributed by atoms with Gasteiger partial charge in [0.1, 0.15) is 22.1 Å². The largest absolute Gasteiger partial charge is 0.477 e. The van der Waals surface area contributed by atoms with E-state index < -0.39 is 35.4 Å². The number of halogens is 3. The van der Waals surface area contributed by atoms with Gasteiger partial charge < -0.3 is 20.7 Å². The molecule has 17 heteroatoms. The number of hydrogen-bond donors (Lipinski definition) is 4. The lowest BCUT2D eigenvalue weighted by molar-refractivity contribution is -0.173. The number of amides is 2. The van der Waals surface area contributed by atoms with E-state index in [0.717, 1.165) is 5.01 Å². The Hall–Kier alpha value is -2.79. The van der Waals surface area contributed by atoms with Gasteiger partial charge in [-0.3, -0.25) is 14.5 Å². The predicted octanol–water partition coefficient (Wildman–Crippen LogP) is 1.62. The van der Waals surface area contributed by atoms with Crippen molar-refractivity contribution in [2.24, 2.45) is 0 Å². The van der Waals surface area contributed by atoms with Crippen LogP contribution in [0.15, 0.2) is 21.8 Å². The Morgan fingerprint density at radius 3 is 2.80 bits per heavy atom. The standard InChI is InChI=1S/C18H18F3N7O4S3/c1-7-26-27-17(35-7)34-6-8-5-33-13-10(12(29)28(13)11(8)14(30)31)25-16-23-4-9(24-16)2-3-22-15(32)18(19,20)21/h4,10,13H,2-3,5-6H2,1H3,(H,22,32)(H,30,31)(H2,23,24,25)/t10?,13-/m1/s1. The number of carboxylic acid groups (broad SMARTS) is 1. The van der Waals surface area contributed by atoms with Crippen molar-refractivity contribution in [3.63, 3.8) is 0 Å². The van der Waals surface area contributed by atoms with Crippen LogP contribution in [0.1, 0.15) is 10.7 Å². The fourth-order valence-electron chi connectivity index (χ4n) is 3.40. The number of aryl methyl sites for hydroxylation is 1. The Morgan fingerprint density at radius 1 is 1.37 bits per heavy atom. The number of β-lactam (4-membered cyclic amide) rings is 1. The van der Waals surface area contributed by atoms with Gasteiger partial charge in [0.25, 0.3) is 5.91 Å². The zero-order valence-corrected chi connectivity index (χ0v) is 20.3. The second-order valence-electron chi connectivity index (χ2n) is 7.43. The maximum Gasteiger partial charge on any atom is 0.471 e. The van der Waals surface area contributed by atoms with E-state index in [0.29, 0.717) is 27.1 Å². The zero-order valence-electron chi connectivity index (χ0n) is 17.9. The topological polar surface area (TPSA) is 153 Å². The average Bonchev–Trinajstić information content (AvgIpc) is 3.42. The predicted molar refractivity (Wildman–Crippen MR) is 122 cm³/mol. The molecular weight excluding hydrogens is 531 g/mol. The third-order valence-corrected chi connectivity index (χ3v) is 8.38. The Kier molecular flexibility index (Phi) is 7.27. The number of thioether (sulfide) groups is 2. The van der Waals surface area contributed by atoms with Crippen LogP contribution in [0, 0.1) is 6.92 Å². The highest BCUT2D eigenvalue weighted by atomic mass is 32.2. The summed E-state index contributed by atoms with van der Waals surface area (Å²) < 4.78 is 37.4. The van der Waals surface area contributed by atoms with E-state index in [1.54, 1.807) is 5.32 Å². The number of fused-ring (bicyclic) bond motifs is 1. The number of H-pyrrole nitrogens is 1. The highest BCUT2D eigenvalue weighted by Crippen LogP contribution is 2.42. The van der Waals surface area contributed by atoms with Gasteiger partial charge >= 0.3 is 18.1 Å². The molecule has 0 saturated carbocycles. The molecule has 2 aliphatic rings. The van der Waals surface area contributed by atoms with E-state index in [-0.39, 0.29) is 24.6 Å². The number of hydrogen-bond acceptors (Lipinski definition) is 10. The van der Waals surface area contributed by atoms with Gasteiger partial charge in [-0.15, -0.1) is 22.0 Å². The molecule has 2 amide bonds. The molecular formula is C18H18F3N7O4S3. The van der Waals surface area contributed by atoms with E-state index >= 15 is 0 Å². The van der Waals surface area contributed by atoms with Gasteiger partial charge in [-0.1, -0.05) is 23.1 Å². The number of carbonyl (C=O) groups is 3. The summed E-state index contributed by atoms with van der Waals surface area (Å²) >= 11 is 4.19. The van der Waals surface area contributed by atoms with Crippen molar-refractivity contribution in [2.45, 2.75) is 35.3 Å². The monoisotopic (exact) mass is 549 g/mol. The highest BCUT2D eigenvalue weighted by Gasteiger charge is 2.53. The van der Waals surface area contributed by atoms with Crippen LogP contribution in [0.5, 0.6) is 0 Å². The summed E-state index contributed by atoms with van der Waals surface area (Å²) in [7, 11) is 0. The van der Waals surface area contributed by atoms with Crippen LogP contribution >= 0.6 is 34.9 Å². The normalized spacial score (nSPS) is 19.9. The van der Waals surface area contributed by atoms with Gasteiger partial charge in [-0.2, -0.15) is 13.2 Å². The summed E-state index contributed by atoms with van der Waals surface area (Å²) in [5, 5.41) is 22.8. The number of anilines is 1. The van der Waals surface area contributed by atoms with Crippen LogP contribution in [0.3, 0.4) is 0 Å². The number of imidazole rings is 1. The summed E-state index contributed by atoms with van der Waals surface area (Å²) in [5.41, 5.74) is 1.03. The average molecular weight is 550 g/mol. The minimum absolute atomic E-state index is 0.0360. The van der Waals surface area contributed by atoms with Crippen molar-refractivity contribution in [2.75, 3.05) is 23.4 Å². The number of aromatic amines is 1. The van der Waals surface area contributed by atoms with Crippen molar-refractivity contribution < 1.29 is 32.7 Å². The molecule has 2 atom stereocenters. The molecule has 0 radical (unpaired) electrons. The van der Waals surface area contributed by atoms with Gasteiger partial charge in [-0.25, -0.2) is 9.78 Å². The number of aliphatic carboxylic acids is 1. The fourth-order valence-corrected chi connectivity index (χ4v) is 6.70. The summed E-state index contributed by atoms with van der Waals surface area (Å²) in [5.74, 6) is -2.64. The summed E-state index contributed by atoms with van der Waals surface area (Å²) in [6, 6.07) is -0.724. The number of nitrogens with one attached hydrogen (secondary N) is 3. The number of aromatic nitrogens is 4. The van der Waals surface area contributed by atoms with Crippen molar-refractivity contribution in [1.29, 1.82) is 0 Å². The molecule has 2 aromatic rings. The molecule has 1 fully saturated rings. The molecule has 11 nitrogen and oxygen atoms in total. The summed E-state index contributed by atoms with van der Waals surface area (Å²) in [4.78, 5) is 43.8. The maximum atomic E-state index is 12.8. The molecule has 4 heterocycles. The maximum absolute atomic E-state index is 12.8. The molecule has 35 heavy (non-hydrogen) atoms. The third kappa shape index (κ3) is 5.56. The number of rotatable bonds is 9. The fraction of sp³-hybridized carbons (Fsp3) is 0.444. The molecule has 2 aliphatic heterocycles. The Balaban J connectivity index is 1.35. The lowest BCUT2D eigenvalue weighted by Gasteiger charge is -2.49. The lowest BCUT2D eigenvalue weighted by Crippen LogP contribution is -2.67. The molecule has 0 aliphatic carbocycles. The first-order chi connectivity index (χ1) is 16.5. The van der Waals surface area contributed by atoms with Crippen LogP contribution in [0.4, 0.5) is 19.1 Å². The first kappa shape index (κ1) is 25.3. The van der Waals surface area contributed by atoms with Crippen LogP contribution < -0.4 is 10.6 Å². The quantitative estimate of drug-likeness (QED) is 0.268. The van der Waals surface area contributed by atoms with E-state index in [2.05, 4.69) is 25.5 Å². The number of nitrogens with zero attached hydrogens (tertiary/aromatic N) is 4. The lowest BCUT2D eigenvalue weighted by atomic mass is 10.0. The number of carboxylic acids is 1. The van der Waals surface area contributed by atoms with Gasteiger partial charge in [0.05, 0.1) is 6.20 Å². The van der Waals surface area contributed by atoms with E-state index in [9.17, 15) is 32.7 Å². The SMILES string of the molecule is Cc1nnc(SCC2=C(C(=O)O)N3C(=O)C(Nc4ncc(CCNC(=O)C(F)(F)F)[nH]4)[C@H]3SC2)s1. The van der Waals surface area contributed by atoms with Crippen molar-refractivity contribution >= 4 is 58.6 Å². The molecule has 1 saturated heterocycles. The van der Waals surface area contributed by atoms with Gasteiger partial charge in [0.2, 0.25) is 5.95 Å². The minimum atomic E-state index is -4.95. The first-order valence-electron chi connectivity index (χ1n) is 10.0. The molecule has 4 rings (SSSR count). The summed E-state index contributed by atoms with van der Waals surface area (Å²) in [6.45, 7) is 1.57. The smallest absolute Gasteiger partial charge is 0.471 e. The molecule has 0 spiro atoms. The van der Waals surface area contributed by atoms with Crippen molar-refractivity contribution in [3.05, 3.63) is 28.2 Å². The highest BCUT2D eigenvalue weighted by molar-refractivity contribution is 8.01. The van der Waals surface area contributed by atoms with E-state index in [1.807, 2.05) is 6.92 Å². The Labute approximate surface area is 208 Å². The van der Waals surface area contributed by atoms with Crippen LogP contribution in [-0.4, -0.2) is 83.6 Å². The van der Waals surface area contributed by atoms with E-state index in [1.165, 1.54) is 46.0 Å². The Morgan fingerprint density at radius 2 is 2.14 bits per heavy atom. The van der Waals surface area contributed by atoms with Crippen molar-refractivity contribution in [3.8, 4) is 0 Å². The number of alkyl halides is 3. The first-order valence-corrected chi connectivity index (χ1v) is 12.9. The molecule has 188 valence electrons. The minimum Gasteiger partial charge on any atom is -0.477 e. The van der Waals surface area contributed by atoms with Gasteiger partial charge in [-0.05, 0) is 12.5 Å².